The van der Waals surface area contributed by atoms with Crippen LogP contribution in [0, 0.1) is 0 Å². The minimum absolute atomic E-state index is 0.0100. The van der Waals surface area contributed by atoms with Crippen LogP contribution < -0.4 is 5.46 Å². The van der Waals surface area contributed by atoms with E-state index in [-0.39, 0.29) is 6.61 Å². The van der Waals surface area contributed by atoms with Gasteiger partial charge in [0, 0.05) is 4.90 Å². The quantitative estimate of drug-likeness (QED) is 0.434. The van der Waals surface area contributed by atoms with Crippen LogP contribution in [0.25, 0.3) is 0 Å². The lowest BCUT2D eigenvalue weighted by atomic mass is 9.95. The molecule has 0 aliphatic rings. The third-order valence-corrected chi connectivity index (χ3v) is 1.71. The van der Waals surface area contributed by atoms with Crippen molar-refractivity contribution in [2.24, 2.45) is 0 Å². The Morgan fingerprint density at radius 2 is 2.20 bits per heavy atom. The van der Waals surface area contributed by atoms with E-state index in [1.807, 2.05) is 0 Å². The molecule has 0 amide bonds. The molecule has 1 aromatic rings. The highest BCUT2D eigenvalue weighted by molar-refractivity contribution is 7.80. The molecular weight excluding hydrogens is 143 g/mol. The van der Waals surface area contributed by atoms with Crippen molar-refractivity contribution in [3.63, 3.8) is 0 Å². The molecule has 0 aliphatic heterocycles. The number of hydrogen-bond acceptors (Lipinski definition) is 2. The average Bonchev–Trinajstić information content (AvgIpc) is 1.94. The fourth-order valence-electron chi connectivity index (χ4n) is 0.732. The Hall–Kier alpha value is -0.405. The summed E-state index contributed by atoms with van der Waals surface area (Å²) in [6.45, 7) is -0.0100. The SMILES string of the molecule is [B]c1ccc(S)c(CO)c1. The van der Waals surface area contributed by atoms with E-state index < -0.39 is 0 Å². The maximum absolute atomic E-state index is 8.74. The van der Waals surface area contributed by atoms with Crippen LogP contribution in [0.1, 0.15) is 5.56 Å². The summed E-state index contributed by atoms with van der Waals surface area (Å²) in [7, 11) is 5.46. The zero-order chi connectivity index (χ0) is 7.56. The number of aliphatic hydroxyl groups is 1. The van der Waals surface area contributed by atoms with Gasteiger partial charge in [-0.1, -0.05) is 17.6 Å². The van der Waals surface area contributed by atoms with Crippen molar-refractivity contribution >= 4 is 25.9 Å². The zero-order valence-electron chi connectivity index (χ0n) is 5.41. The smallest absolute Gasteiger partial charge is 0.113 e. The van der Waals surface area contributed by atoms with E-state index >= 15 is 0 Å². The highest BCUT2D eigenvalue weighted by Crippen LogP contribution is 2.10. The zero-order valence-corrected chi connectivity index (χ0v) is 6.31. The molecule has 0 spiro atoms. The van der Waals surface area contributed by atoms with Crippen molar-refractivity contribution in [3.8, 4) is 0 Å². The topological polar surface area (TPSA) is 20.2 Å². The van der Waals surface area contributed by atoms with Crippen LogP contribution in [0.4, 0.5) is 0 Å². The molecule has 1 aromatic carbocycles. The molecule has 2 radical (unpaired) electrons. The molecule has 3 heteroatoms. The second-order valence-corrected chi connectivity index (χ2v) is 2.53. The van der Waals surface area contributed by atoms with Gasteiger partial charge in [0.05, 0.1) is 6.61 Å². The summed E-state index contributed by atoms with van der Waals surface area (Å²) in [5, 5.41) is 8.74. The first kappa shape index (κ1) is 7.70. The van der Waals surface area contributed by atoms with Crippen LogP contribution in [0.15, 0.2) is 23.1 Å². The molecular formula is C7H7BOS. The van der Waals surface area contributed by atoms with Gasteiger partial charge in [0.2, 0.25) is 0 Å². The summed E-state index contributed by atoms with van der Waals surface area (Å²) in [5.41, 5.74) is 1.42. The van der Waals surface area contributed by atoms with E-state index in [4.69, 9.17) is 13.0 Å². The maximum atomic E-state index is 8.74. The number of thiol groups is 1. The minimum Gasteiger partial charge on any atom is -0.392 e. The first-order valence-corrected chi connectivity index (χ1v) is 3.37. The summed E-state index contributed by atoms with van der Waals surface area (Å²) >= 11 is 4.11. The van der Waals surface area contributed by atoms with Gasteiger partial charge in [0.15, 0.2) is 0 Å². The Bertz CT molecular complexity index is 237. The van der Waals surface area contributed by atoms with E-state index in [0.29, 0.717) is 5.46 Å². The van der Waals surface area contributed by atoms with Crippen LogP contribution >= 0.6 is 12.6 Å². The van der Waals surface area contributed by atoms with Crippen molar-refractivity contribution in [2.75, 3.05) is 0 Å². The molecule has 1 rings (SSSR count). The van der Waals surface area contributed by atoms with Gasteiger partial charge >= 0.3 is 0 Å². The second-order valence-electron chi connectivity index (χ2n) is 2.05. The summed E-state index contributed by atoms with van der Waals surface area (Å²) < 4.78 is 0. The lowest BCUT2D eigenvalue weighted by molar-refractivity contribution is 0.279. The molecule has 1 nitrogen and oxygen atoms in total. The van der Waals surface area contributed by atoms with Crippen LogP contribution in [-0.2, 0) is 6.61 Å². The minimum atomic E-state index is -0.0100. The van der Waals surface area contributed by atoms with Gasteiger partial charge in [-0.05, 0) is 11.6 Å². The summed E-state index contributed by atoms with van der Waals surface area (Å²) in [6.07, 6.45) is 0. The van der Waals surface area contributed by atoms with Crippen molar-refractivity contribution in [3.05, 3.63) is 23.8 Å². The Morgan fingerprint density at radius 1 is 1.50 bits per heavy atom. The third kappa shape index (κ3) is 1.55. The molecule has 1 N–H and O–H groups in total. The first-order chi connectivity index (χ1) is 4.74. The Labute approximate surface area is 66.9 Å². The van der Waals surface area contributed by atoms with E-state index in [9.17, 15) is 0 Å². The summed E-state index contributed by atoms with van der Waals surface area (Å²) in [4.78, 5) is 0.775. The van der Waals surface area contributed by atoms with E-state index in [1.54, 1.807) is 18.2 Å². The molecule has 0 unspecified atom stereocenters. The fourth-order valence-corrected chi connectivity index (χ4v) is 0.942. The highest BCUT2D eigenvalue weighted by atomic mass is 32.1. The number of benzene rings is 1. The molecule has 0 fully saturated rings. The second kappa shape index (κ2) is 3.13. The van der Waals surface area contributed by atoms with Gasteiger partial charge in [-0.3, -0.25) is 0 Å². The predicted molar refractivity (Wildman–Crippen MR) is 45.0 cm³/mol. The molecule has 0 saturated carbocycles. The van der Waals surface area contributed by atoms with Gasteiger partial charge in [-0.15, -0.1) is 12.6 Å². The van der Waals surface area contributed by atoms with Gasteiger partial charge in [-0.25, -0.2) is 0 Å². The van der Waals surface area contributed by atoms with Crippen LogP contribution in [0.3, 0.4) is 0 Å². The van der Waals surface area contributed by atoms with Crippen LogP contribution in [0.5, 0.6) is 0 Å². The molecule has 0 aliphatic carbocycles. The normalized spacial score (nSPS) is 9.80. The largest absolute Gasteiger partial charge is 0.392 e. The van der Waals surface area contributed by atoms with Gasteiger partial charge < -0.3 is 5.11 Å². The molecule has 0 bridgehead atoms. The standard InChI is InChI=1S/C7H7BOS/c8-6-1-2-7(10)5(3-6)4-9/h1-3,9-10H,4H2. The van der Waals surface area contributed by atoms with Gasteiger partial charge in [0.1, 0.15) is 7.85 Å². The Morgan fingerprint density at radius 3 is 2.70 bits per heavy atom. The van der Waals surface area contributed by atoms with Crippen molar-refractivity contribution in [1.29, 1.82) is 0 Å². The molecule has 0 atom stereocenters. The van der Waals surface area contributed by atoms with E-state index in [1.165, 1.54) is 0 Å². The number of hydrogen-bond donors (Lipinski definition) is 2. The molecule has 0 saturated heterocycles. The highest BCUT2D eigenvalue weighted by Gasteiger charge is 1.95. The summed E-state index contributed by atoms with van der Waals surface area (Å²) in [5.74, 6) is 0. The predicted octanol–water partition coefficient (Wildman–Crippen LogP) is 0.261. The molecule has 0 heterocycles. The molecule has 50 valence electrons. The molecule has 10 heavy (non-hydrogen) atoms. The van der Waals surface area contributed by atoms with Crippen LogP contribution in [-0.4, -0.2) is 13.0 Å². The van der Waals surface area contributed by atoms with Crippen molar-refractivity contribution in [1.82, 2.24) is 0 Å². The summed E-state index contributed by atoms with van der Waals surface area (Å²) in [6, 6.07) is 5.23. The average molecular weight is 150 g/mol. The number of rotatable bonds is 1. The monoisotopic (exact) mass is 150 g/mol. The van der Waals surface area contributed by atoms with Crippen LogP contribution in [0.2, 0.25) is 0 Å². The van der Waals surface area contributed by atoms with E-state index in [2.05, 4.69) is 12.6 Å². The van der Waals surface area contributed by atoms with Gasteiger partial charge in [0.25, 0.3) is 0 Å². The fraction of sp³-hybridized carbons (Fsp3) is 0.143. The van der Waals surface area contributed by atoms with Gasteiger partial charge in [-0.2, -0.15) is 0 Å². The Balaban J connectivity index is 3.09. The molecule has 0 aromatic heterocycles. The third-order valence-electron chi connectivity index (χ3n) is 1.27. The van der Waals surface area contributed by atoms with E-state index in [0.717, 1.165) is 10.5 Å². The maximum Gasteiger partial charge on any atom is 0.113 e. The number of aliphatic hydroxyl groups excluding tert-OH is 1. The lowest BCUT2D eigenvalue weighted by Gasteiger charge is -2.01. The lowest BCUT2D eigenvalue weighted by Crippen LogP contribution is -2.03. The van der Waals surface area contributed by atoms with Crippen molar-refractivity contribution in [2.45, 2.75) is 11.5 Å². The first-order valence-electron chi connectivity index (χ1n) is 2.92. The Kier molecular flexibility index (Phi) is 2.41. The van der Waals surface area contributed by atoms with Crippen molar-refractivity contribution < 1.29 is 5.11 Å².